The van der Waals surface area contributed by atoms with Crippen LogP contribution >= 0.6 is 0 Å². The fourth-order valence-electron chi connectivity index (χ4n) is 8.59. The number of nitrogens with zero attached hydrogens (tertiary/aromatic N) is 3. The summed E-state index contributed by atoms with van der Waals surface area (Å²) in [6.07, 6.45) is 9.57. The molecule has 0 saturated carbocycles. The Bertz CT molecular complexity index is 2500. The van der Waals surface area contributed by atoms with Crippen LogP contribution < -0.4 is 4.90 Å². The van der Waals surface area contributed by atoms with Gasteiger partial charge in [-0.15, -0.1) is 5.06 Å². The Morgan fingerprint density at radius 2 is 1.38 bits per heavy atom. The molecule has 1 fully saturated rings. The standard InChI is InChI=1S/C42H55N3O15S3/c1-41(21-11-27-61(49,50)51)32-28-30(62(52,53)54)16-18-35(32)44(24-26-59-4)36(41)12-10-13-37-42(2,22-25-58-3)33-29-31(63(55,56)57)15-17-34(33)43(37)23-9-7-5-6-8-14-40(48)60-45-38(46)19-20-39(45)47/h10,12-13,15-18,28-29H,5-9,11,14,19-27H2,1-4H3,(H2-,49,50,51,52,53,54,55,56,57)/p+1. The molecule has 2 aromatic rings. The van der Waals surface area contributed by atoms with Crippen molar-refractivity contribution in [3.05, 3.63) is 71.5 Å². The molecular formula is C42H56N3O15S3+. The fraction of sp³-hybridized carbons (Fsp3) is 0.524. The molecule has 0 aromatic heterocycles. The van der Waals surface area contributed by atoms with E-state index in [1.54, 1.807) is 19.2 Å². The lowest BCUT2D eigenvalue weighted by molar-refractivity contribution is -0.441. The zero-order valence-electron chi connectivity index (χ0n) is 35.8. The van der Waals surface area contributed by atoms with Crippen molar-refractivity contribution in [3.63, 3.8) is 0 Å². The van der Waals surface area contributed by atoms with Crippen LogP contribution in [-0.4, -0.2) is 118 Å². The number of imide groups is 1. The van der Waals surface area contributed by atoms with E-state index in [1.807, 2.05) is 36.7 Å². The molecule has 3 heterocycles. The number of hydroxylamine groups is 2. The smallest absolute Gasteiger partial charge is 0.333 e. The number of hydrogen-bond acceptors (Lipinski definition) is 13. The number of unbranched alkanes of at least 4 members (excludes halogenated alkanes) is 4. The van der Waals surface area contributed by atoms with Gasteiger partial charge in [-0.3, -0.25) is 23.2 Å². The molecule has 3 aliphatic heterocycles. The third-order valence-electron chi connectivity index (χ3n) is 11.9. The molecule has 63 heavy (non-hydrogen) atoms. The summed E-state index contributed by atoms with van der Waals surface area (Å²) in [6, 6.07) is 8.69. The zero-order chi connectivity index (χ0) is 46.4. The molecule has 2 atom stereocenters. The van der Waals surface area contributed by atoms with E-state index in [0.29, 0.717) is 73.0 Å². The van der Waals surface area contributed by atoms with Crippen molar-refractivity contribution in [3.8, 4) is 0 Å². The Morgan fingerprint density at radius 3 is 2.00 bits per heavy atom. The summed E-state index contributed by atoms with van der Waals surface area (Å²) in [5, 5.41) is 0.535. The molecule has 0 spiro atoms. The first-order valence-electron chi connectivity index (χ1n) is 20.6. The van der Waals surface area contributed by atoms with E-state index < -0.39 is 64.7 Å². The first-order chi connectivity index (χ1) is 29.5. The predicted molar refractivity (Wildman–Crippen MR) is 230 cm³/mol. The number of carbonyl (C=O) groups excluding carboxylic acids is 3. The van der Waals surface area contributed by atoms with Gasteiger partial charge in [0.15, 0.2) is 12.3 Å². The topological polar surface area (TPSA) is 251 Å². The van der Waals surface area contributed by atoms with Gasteiger partial charge >= 0.3 is 5.97 Å². The lowest BCUT2D eigenvalue weighted by atomic mass is 9.75. The summed E-state index contributed by atoms with van der Waals surface area (Å²) in [5.74, 6) is -2.27. The van der Waals surface area contributed by atoms with E-state index in [2.05, 4.69) is 4.90 Å². The van der Waals surface area contributed by atoms with Crippen molar-refractivity contribution in [2.45, 2.75) is 105 Å². The summed E-state index contributed by atoms with van der Waals surface area (Å²) < 4.78 is 115. The molecule has 346 valence electrons. The number of rotatable bonds is 23. The lowest BCUT2D eigenvalue weighted by Crippen LogP contribution is -2.33. The second-order valence-corrected chi connectivity index (χ2v) is 20.7. The Balaban J connectivity index is 1.48. The van der Waals surface area contributed by atoms with Gasteiger partial charge in [-0.1, -0.05) is 25.3 Å². The molecule has 18 nitrogen and oxygen atoms in total. The summed E-state index contributed by atoms with van der Waals surface area (Å²) >= 11 is 0. The van der Waals surface area contributed by atoms with E-state index in [0.717, 1.165) is 24.2 Å². The Morgan fingerprint density at radius 1 is 0.778 bits per heavy atom. The number of hydrogen-bond donors (Lipinski definition) is 3. The third-order valence-corrected chi connectivity index (χ3v) is 14.4. The highest BCUT2D eigenvalue weighted by molar-refractivity contribution is 7.86. The number of anilines is 1. The molecule has 0 bridgehead atoms. The zero-order valence-corrected chi connectivity index (χ0v) is 38.3. The SMILES string of the molecule is COCC[N+]1=C(/C=C/C=C2/N(CCCCCCCC(=O)ON3C(=O)CCC3=O)c3ccc(S(=O)(=O)O)cc3C2(C)CCOC)C(C)(CCCS(=O)(=O)O)c2cc(S(=O)(=O)O)ccc21. The van der Waals surface area contributed by atoms with Crippen LogP contribution in [0, 0.1) is 0 Å². The monoisotopic (exact) mass is 938 g/mol. The Kier molecular flexibility index (Phi) is 15.9. The molecule has 3 N–H and O–H groups in total. The van der Waals surface area contributed by atoms with Gasteiger partial charge in [0.2, 0.25) is 5.69 Å². The van der Waals surface area contributed by atoms with Crippen LogP contribution in [0.2, 0.25) is 0 Å². The normalized spacial score (nSPS) is 21.0. The van der Waals surface area contributed by atoms with Gasteiger partial charge in [0.25, 0.3) is 42.2 Å². The number of allylic oxidation sites excluding steroid dienone is 4. The highest BCUT2D eigenvalue weighted by Crippen LogP contribution is 2.51. The van der Waals surface area contributed by atoms with Crippen molar-refractivity contribution in [2.75, 3.05) is 51.2 Å². The van der Waals surface area contributed by atoms with Crippen LogP contribution in [0.4, 0.5) is 11.4 Å². The van der Waals surface area contributed by atoms with Crippen molar-refractivity contribution in [1.29, 1.82) is 0 Å². The van der Waals surface area contributed by atoms with Crippen LogP contribution in [0.1, 0.15) is 95.6 Å². The Labute approximate surface area is 368 Å². The Hall–Kier alpha value is -4.35. The van der Waals surface area contributed by atoms with Crippen molar-refractivity contribution >= 4 is 65.2 Å². The third kappa shape index (κ3) is 11.7. The number of ether oxygens (including phenoxy) is 2. The van der Waals surface area contributed by atoms with E-state index in [1.165, 1.54) is 31.4 Å². The maximum atomic E-state index is 12.4. The molecule has 0 aliphatic carbocycles. The lowest BCUT2D eigenvalue weighted by Gasteiger charge is -2.30. The van der Waals surface area contributed by atoms with Crippen LogP contribution in [0.5, 0.6) is 0 Å². The second-order valence-electron chi connectivity index (χ2n) is 16.3. The fourth-order valence-corrected chi connectivity index (χ4v) is 10.1. The van der Waals surface area contributed by atoms with Gasteiger partial charge < -0.3 is 19.2 Å². The number of benzene rings is 2. The van der Waals surface area contributed by atoms with Gasteiger partial charge in [0.05, 0.1) is 21.0 Å². The average Bonchev–Trinajstić information content (AvgIpc) is 3.73. The van der Waals surface area contributed by atoms with E-state index in [9.17, 15) is 53.3 Å². The summed E-state index contributed by atoms with van der Waals surface area (Å²) in [7, 11) is -10.4. The summed E-state index contributed by atoms with van der Waals surface area (Å²) in [6.45, 7) is 5.16. The summed E-state index contributed by atoms with van der Waals surface area (Å²) in [4.78, 5) is 42.3. The van der Waals surface area contributed by atoms with Crippen LogP contribution in [-0.2, 0) is 69.9 Å². The molecule has 5 rings (SSSR count). The largest absolute Gasteiger partial charge is 0.385 e. The highest BCUT2D eigenvalue weighted by atomic mass is 32.2. The molecule has 2 amide bonds. The molecule has 0 radical (unpaired) electrons. The molecule has 2 unspecified atom stereocenters. The minimum atomic E-state index is -4.61. The van der Waals surface area contributed by atoms with Crippen LogP contribution in [0.15, 0.2) is 70.1 Å². The average molecular weight is 939 g/mol. The minimum absolute atomic E-state index is 0.0138. The van der Waals surface area contributed by atoms with Crippen LogP contribution in [0.25, 0.3) is 0 Å². The van der Waals surface area contributed by atoms with Crippen molar-refractivity contribution < 1.29 is 72.2 Å². The van der Waals surface area contributed by atoms with E-state index >= 15 is 0 Å². The van der Waals surface area contributed by atoms with Gasteiger partial charge in [-0.05, 0) is 87.9 Å². The molecule has 3 aliphatic rings. The maximum absolute atomic E-state index is 12.4. The first kappa shape index (κ1) is 49.7. The number of amides is 2. The van der Waals surface area contributed by atoms with Gasteiger partial charge in [-0.2, -0.15) is 29.8 Å². The van der Waals surface area contributed by atoms with E-state index in [4.69, 9.17) is 14.3 Å². The molecule has 21 heteroatoms. The quantitative estimate of drug-likeness (QED) is 0.0570. The highest BCUT2D eigenvalue weighted by Gasteiger charge is 2.48. The summed E-state index contributed by atoms with van der Waals surface area (Å²) in [5.41, 5.74) is 2.10. The molecule has 2 aromatic carbocycles. The van der Waals surface area contributed by atoms with Gasteiger partial charge in [0, 0.05) is 81.1 Å². The first-order valence-corrected chi connectivity index (χ1v) is 25.1. The molecule has 1 saturated heterocycles. The molecular weight excluding hydrogens is 883 g/mol. The van der Waals surface area contributed by atoms with Crippen LogP contribution in [0.3, 0.4) is 0 Å². The van der Waals surface area contributed by atoms with Crippen molar-refractivity contribution in [1.82, 2.24) is 5.06 Å². The predicted octanol–water partition coefficient (Wildman–Crippen LogP) is 5.05. The second kappa shape index (κ2) is 20.2. The number of carbonyl (C=O) groups is 3. The van der Waals surface area contributed by atoms with Gasteiger partial charge in [-0.25, -0.2) is 4.79 Å². The van der Waals surface area contributed by atoms with Gasteiger partial charge in [0.1, 0.15) is 6.61 Å². The number of fused-ring (bicyclic) bond motifs is 2. The number of methoxy groups -OCH3 is 2. The van der Waals surface area contributed by atoms with E-state index in [-0.39, 0.29) is 48.5 Å². The maximum Gasteiger partial charge on any atom is 0.333 e. The minimum Gasteiger partial charge on any atom is -0.385 e. The van der Waals surface area contributed by atoms with Crippen molar-refractivity contribution in [2.24, 2.45) is 0 Å².